The number of nitrogens with one attached hydrogen (secondary N) is 1. The average Bonchev–Trinajstić information content (AvgIpc) is 3.20. The van der Waals surface area contributed by atoms with Crippen molar-refractivity contribution in [2.45, 2.75) is 6.54 Å². The minimum Gasteiger partial charge on any atom is -0.353 e. The van der Waals surface area contributed by atoms with E-state index in [4.69, 9.17) is 11.6 Å². The van der Waals surface area contributed by atoms with Crippen LogP contribution in [0.1, 0.15) is 5.56 Å². The number of thioether (sulfide) groups is 1. The van der Waals surface area contributed by atoms with E-state index in [1.165, 1.54) is 11.0 Å². The summed E-state index contributed by atoms with van der Waals surface area (Å²) in [7, 11) is 0. The Labute approximate surface area is 157 Å². The molecule has 1 aliphatic heterocycles. The largest absolute Gasteiger partial charge is 0.353 e. The van der Waals surface area contributed by atoms with Crippen LogP contribution >= 0.6 is 23.4 Å². The van der Waals surface area contributed by atoms with Crippen LogP contribution in [0.4, 0.5) is 4.79 Å². The number of nitrogens with zero attached hydrogens (tertiary/aromatic N) is 5. The van der Waals surface area contributed by atoms with Gasteiger partial charge in [0, 0.05) is 18.1 Å². The first-order valence-electron chi connectivity index (χ1n) is 7.51. The van der Waals surface area contributed by atoms with Crippen LogP contribution in [-0.2, 0) is 16.1 Å². The van der Waals surface area contributed by atoms with Crippen molar-refractivity contribution < 1.29 is 14.4 Å². The van der Waals surface area contributed by atoms with Gasteiger partial charge < -0.3 is 5.32 Å². The molecule has 11 heteroatoms. The van der Waals surface area contributed by atoms with Crippen LogP contribution in [-0.4, -0.2) is 55.3 Å². The van der Waals surface area contributed by atoms with Crippen molar-refractivity contribution in [3.63, 3.8) is 0 Å². The molecule has 0 bridgehead atoms. The van der Waals surface area contributed by atoms with E-state index < -0.39 is 0 Å². The standard InChI is InChI=1S/C15H13ClN6O3S/c16-11-3-1-10(2-4-11)7-12-14(24)22(15(25)26-12)6-5-17-13(23)8-21-9-18-19-20-21/h1-4,7,9H,5-6,8H2,(H,17,23)/b12-7-. The number of hydrogen-bond donors (Lipinski definition) is 1. The highest BCUT2D eigenvalue weighted by Crippen LogP contribution is 2.32. The number of tetrazole rings is 1. The SMILES string of the molecule is O=C(Cn1cnnn1)NCCN1C(=O)S/C(=C\c2ccc(Cl)cc2)C1=O. The Morgan fingerprint density at radius 2 is 2.04 bits per heavy atom. The molecule has 2 heterocycles. The third kappa shape index (κ3) is 4.46. The molecule has 1 fully saturated rings. The van der Waals surface area contributed by atoms with Crippen LogP contribution in [0, 0.1) is 0 Å². The lowest BCUT2D eigenvalue weighted by atomic mass is 10.2. The Hall–Kier alpha value is -2.72. The first kappa shape index (κ1) is 18.1. The van der Waals surface area contributed by atoms with Crippen molar-refractivity contribution in [2.24, 2.45) is 0 Å². The molecular weight excluding hydrogens is 380 g/mol. The third-order valence-electron chi connectivity index (χ3n) is 3.40. The molecule has 2 aromatic rings. The summed E-state index contributed by atoms with van der Waals surface area (Å²) in [6.45, 7) is 0.197. The molecule has 3 amide bonds. The molecule has 26 heavy (non-hydrogen) atoms. The van der Waals surface area contributed by atoms with Crippen molar-refractivity contribution in [3.05, 3.63) is 46.1 Å². The number of benzene rings is 1. The molecule has 0 radical (unpaired) electrons. The smallest absolute Gasteiger partial charge is 0.293 e. The maximum atomic E-state index is 12.4. The normalized spacial score (nSPS) is 15.7. The molecule has 134 valence electrons. The topological polar surface area (TPSA) is 110 Å². The fourth-order valence-corrected chi connectivity index (χ4v) is 3.16. The summed E-state index contributed by atoms with van der Waals surface area (Å²) < 4.78 is 1.27. The average molecular weight is 393 g/mol. The molecule has 1 aliphatic rings. The van der Waals surface area contributed by atoms with Crippen molar-refractivity contribution in [3.8, 4) is 0 Å². The molecule has 1 saturated heterocycles. The fraction of sp³-hybridized carbons (Fsp3) is 0.200. The van der Waals surface area contributed by atoms with Crippen LogP contribution in [0.15, 0.2) is 35.5 Å². The van der Waals surface area contributed by atoms with E-state index in [2.05, 4.69) is 20.8 Å². The van der Waals surface area contributed by atoms with Gasteiger partial charge in [0.15, 0.2) is 0 Å². The molecule has 9 nitrogen and oxygen atoms in total. The molecule has 0 unspecified atom stereocenters. The van der Waals surface area contributed by atoms with Gasteiger partial charge in [-0.3, -0.25) is 19.3 Å². The van der Waals surface area contributed by atoms with Gasteiger partial charge in [0.2, 0.25) is 5.91 Å². The lowest BCUT2D eigenvalue weighted by molar-refractivity contribution is -0.124. The second kappa shape index (κ2) is 8.11. The van der Waals surface area contributed by atoms with E-state index in [9.17, 15) is 14.4 Å². The Bertz CT molecular complexity index is 853. The van der Waals surface area contributed by atoms with Crippen molar-refractivity contribution in [1.29, 1.82) is 0 Å². The molecule has 1 aromatic heterocycles. The van der Waals surface area contributed by atoms with Gasteiger partial charge >= 0.3 is 0 Å². The Balaban J connectivity index is 1.54. The van der Waals surface area contributed by atoms with Crippen LogP contribution in [0.3, 0.4) is 0 Å². The van der Waals surface area contributed by atoms with Crippen molar-refractivity contribution in [1.82, 2.24) is 30.4 Å². The van der Waals surface area contributed by atoms with Gasteiger partial charge in [-0.25, -0.2) is 4.68 Å². The number of amides is 3. The highest BCUT2D eigenvalue weighted by Gasteiger charge is 2.34. The predicted octanol–water partition coefficient (Wildman–Crippen LogP) is 1.18. The predicted molar refractivity (Wildman–Crippen MR) is 95.0 cm³/mol. The van der Waals surface area contributed by atoms with Gasteiger partial charge in [0.1, 0.15) is 12.9 Å². The van der Waals surface area contributed by atoms with Gasteiger partial charge in [-0.15, -0.1) is 5.10 Å². The van der Waals surface area contributed by atoms with E-state index in [0.29, 0.717) is 9.93 Å². The maximum absolute atomic E-state index is 12.4. The molecule has 0 spiro atoms. The molecule has 1 N–H and O–H groups in total. The van der Waals surface area contributed by atoms with Gasteiger partial charge in [-0.1, -0.05) is 23.7 Å². The van der Waals surface area contributed by atoms with Crippen molar-refractivity contribution in [2.75, 3.05) is 13.1 Å². The zero-order chi connectivity index (χ0) is 18.5. The zero-order valence-electron chi connectivity index (χ0n) is 13.3. The third-order valence-corrected chi connectivity index (χ3v) is 4.56. The highest BCUT2D eigenvalue weighted by atomic mass is 35.5. The highest BCUT2D eigenvalue weighted by molar-refractivity contribution is 8.18. The maximum Gasteiger partial charge on any atom is 0.293 e. The molecule has 0 saturated carbocycles. The van der Waals surface area contributed by atoms with Crippen LogP contribution < -0.4 is 5.32 Å². The number of hydrogen-bond acceptors (Lipinski definition) is 7. The number of imide groups is 1. The number of carbonyl (C=O) groups is 3. The van der Waals surface area contributed by atoms with E-state index in [1.807, 2.05) is 0 Å². The summed E-state index contributed by atoms with van der Waals surface area (Å²) in [6, 6.07) is 6.93. The number of aromatic nitrogens is 4. The summed E-state index contributed by atoms with van der Waals surface area (Å²) in [6.07, 6.45) is 2.95. The van der Waals surface area contributed by atoms with E-state index >= 15 is 0 Å². The minimum absolute atomic E-state index is 0.0363. The molecule has 3 rings (SSSR count). The number of carbonyl (C=O) groups excluding carboxylic acids is 3. The molecular formula is C15H13ClN6O3S. The zero-order valence-corrected chi connectivity index (χ0v) is 14.9. The van der Waals surface area contributed by atoms with E-state index in [1.54, 1.807) is 30.3 Å². The first-order chi connectivity index (χ1) is 12.5. The van der Waals surface area contributed by atoms with Gasteiger partial charge in [-0.2, -0.15) is 0 Å². The lowest BCUT2D eigenvalue weighted by Crippen LogP contribution is -2.38. The summed E-state index contributed by atoms with van der Waals surface area (Å²) in [5.41, 5.74) is 0.773. The van der Waals surface area contributed by atoms with E-state index in [0.717, 1.165) is 22.2 Å². The quantitative estimate of drug-likeness (QED) is 0.735. The number of halogens is 1. The molecule has 0 atom stereocenters. The summed E-state index contributed by atoms with van der Waals surface area (Å²) in [5.74, 6) is -0.703. The van der Waals surface area contributed by atoms with Gasteiger partial charge in [0.25, 0.3) is 11.1 Å². The number of rotatable bonds is 6. The van der Waals surface area contributed by atoms with Crippen molar-refractivity contribution >= 4 is 46.5 Å². The summed E-state index contributed by atoms with van der Waals surface area (Å²) in [4.78, 5) is 37.6. The van der Waals surface area contributed by atoms with Gasteiger partial charge in [-0.05, 0) is 46.0 Å². The Kier molecular flexibility index (Phi) is 5.64. The van der Waals surface area contributed by atoms with E-state index in [-0.39, 0.29) is 36.7 Å². The van der Waals surface area contributed by atoms with Crippen LogP contribution in [0.2, 0.25) is 5.02 Å². The van der Waals surface area contributed by atoms with Gasteiger partial charge in [0.05, 0.1) is 4.91 Å². The minimum atomic E-state index is -0.385. The first-order valence-corrected chi connectivity index (χ1v) is 8.71. The molecule has 0 aliphatic carbocycles. The second-order valence-corrected chi connectivity index (χ2v) is 6.67. The Morgan fingerprint density at radius 3 is 2.73 bits per heavy atom. The summed E-state index contributed by atoms with van der Waals surface area (Å²) in [5, 5.41) is 13.3. The lowest BCUT2D eigenvalue weighted by Gasteiger charge is -2.12. The fourth-order valence-electron chi connectivity index (χ4n) is 2.17. The monoisotopic (exact) mass is 392 g/mol. The second-order valence-electron chi connectivity index (χ2n) is 5.24. The van der Waals surface area contributed by atoms with Crippen LogP contribution in [0.25, 0.3) is 6.08 Å². The van der Waals surface area contributed by atoms with Crippen LogP contribution in [0.5, 0.6) is 0 Å². The Morgan fingerprint density at radius 1 is 1.27 bits per heavy atom. The molecule has 1 aromatic carbocycles. The summed E-state index contributed by atoms with van der Waals surface area (Å²) >= 11 is 6.69.